The van der Waals surface area contributed by atoms with Crippen molar-refractivity contribution in [1.29, 1.82) is 0 Å². The normalized spacial score (nSPS) is 10.5. The Bertz CT molecular complexity index is 321. The Kier molecular flexibility index (Phi) is 14.0. The number of ketones is 1. The van der Waals surface area contributed by atoms with E-state index in [9.17, 15) is 9.59 Å². The first-order valence-corrected chi connectivity index (χ1v) is 8.89. The molecule has 22 heavy (non-hydrogen) atoms. The molecule has 0 saturated carbocycles. The van der Waals surface area contributed by atoms with Crippen molar-refractivity contribution < 1.29 is 14.3 Å². The molecule has 0 atom stereocenters. The summed E-state index contributed by atoms with van der Waals surface area (Å²) in [5, 5.41) is 0. The van der Waals surface area contributed by atoms with Crippen molar-refractivity contribution in [2.24, 2.45) is 0 Å². The summed E-state index contributed by atoms with van der Waals surface area (Å²) < 4.78 is 4.60. The molecule has 0 aliphatic rings. The number of allylic oxidation sites excluding steroid dienone is 1. The van der Waals surface area contributed by atoms with E-state index in [2.05, 4.69) is 18.2 Å². The second-order valence-corrected chi connectivity index (χ2v) is 6.03. The third-order valence-electron chi connectivity index (χ3n) is 3.99. The van der Waals surface area contributed by atoms with Crippen molar-refractivity contribution in [3.8, 4) is 0 Å². The molecule has 0 amide bonds. The van der Waals surface area contributed by atoms with Crippen LogP contribution in [0.25, 0.3) is 0 Å². The molecular weight excluding hydrogens is 276 g/mol. The number of esters is 1. The third-order valence-corrected chi connectivity index (χ3v) is 3.99. The molecule has 0 saturated heterocycles. The Hall–Kier alpha value is -1.12. The van der Waals surface area contributed by atoms with Crippen LogP contribution in [0.5, 0.6) is 0 Å². The molecule has 0 heterocycles. The second kappa shape index (κ2) is 14.8. The van der Waals surface area contributed by atoms with Crippen LogP contribution in [-0.2, 0) is 14.3 Å². The Morgan fingerprint density at radius 1 is 0.773 bits per heavy atom. The predicted octanol–water partition coefficient (Wildman–Crippen LogP) is 5.38. The minimum Gasteiger partial charge on any atom is -0.469 e. The highest BCUT2D eigenvalue weighted by Crippen LogP contribution is 2.14. The van der Waals surface area contributed by atoms with E-state index >= 15 is 0 Å². The van der Waals surface area contributed by atoms with Gasteiger partial charge in [-0.1, -0.05) is 58.4 Å². The van der Waals surface area contributed by atoms with Crippen LogP contribution in [0.15, 0.2) is 12.2 Å². The lowest BCUT2D eigenvalue weighted by molar-refractivity contribution is -0.140. The number of hydrogen-bond donors (Lipinski definition) is 0. The smallest absolute Gasteiger partial charge is 0.305 e. The summed E-state index contributed by atoms with van der Waals surface area (Å²) in [6.07, 6.45) is 13.1. The van der Waals surface area contributed by atoms with Gasteiger partial charge in [-0.2, -0.15) is 0 Å². The fourth-order valence-electron chi connectivity index (χ4n) is 2.45. The molecule has 0 aliphatic heterocycles. The monoisotopic (exact) mass is 310 g/mol. The van der Waals surface area contributed by atoms with Gasteiger partial charge in [-0.25, -0.2) is 0 Å². The van der Waals surface area contributed by atoms with Crippen LogP contribution in [0.2, 0.25) is 0 Å². The Balaban J connectivity index is 3.46. The molecule has 0 unspecified atom stereocenters. The standard InChI is InChI=1S/C19H34O3/c1-4-5-6-7-8-12-15-18(20)17(2)14-11-9-10-13-16-19(21)22-3/h2,4-16H2,1,3H3. The Labute approximate surface area is 136 Å². The average molecular weight is 310 g/mol. The number of Topliss-reactive ketones (excluding diaryl/α,β-unsaturated/α-hetero) is 1. The summed E-state index contributed by atoms with van der Waals surface area (Å²) in [6, 6.07) is 0. The first kappa shape index (κ1) is 20.9. The fourth-order valence-corrected chi connectivity index (χ4v) is 2.45. The zero-order valence-corrected chi connectivity index (χ0v) is 14.6. The van der Waals surface area contributed by atoms with Gasteiger partial charge in [-0.15, -0.1) is 0 Å². The van der Waals surface area contributed by atoms with Crippen molar-refractivity contribution in [2.45, 2.75) is 90.4 Å². The lowest BCUT2D eigenvalue weighted by atomic mass is 10.00. The van der Waals surface area contributed by atoms with Crippen LogP contribution >= 0.6 is 0 Å². The zero-order valence-electron chi connectivity index (χ0n) is 14.6. The minimum atomic E-state index is -0.140. The topological polar surface area (TPSA) is 43.4 Å². The van der Waals surface area contributed by atoms with Crippen molar-refractivity contribution in [1.82, 2.24) is 0 Å². The van der Waals surface area contributed by atoms with Crippen LogP contribution < -0.4 is 0 Å². The average Bonchev–Trinajstić information content (AvgIpc) is 2.53. The Morgan fingerprint density at radius 3 is 1.86 bits per heavy atom. The van der Waals surface area contributed by atoms with Crippen molar-refractivity contribution in [3.05, 3.63) is 12.2 Å². The first-order valence-electron chi connectivity index (χ1n) is 8.89. The third kappa shape index (κ3) is 12.6. The molecule has 0 N–H and O–H groups in total. The molecule has 0 radical (unpaired) electrons. The molecule has 0 fully saturated rings. The van der Waals surface area contributed by atoms with E-state index in [0.717, 1.165) is 50.5 Å². The number of carbonyl (C=O) groups excluding carboxylic acids is 2. The zero-order chi connectivity index (χ0) is 16.6. The largest absolute Gasteiger partial charge is 0.469 e. The number of rotatable bonds is 15. The van der Waals surface area contributed by atoms with Gasteiger partial charge in [-0.05, 0) is 31.3 Å². The van der Waals surface area contributed by atoms with Gasteiger partial charge in [0.15, 0.2) is 5.78 Å². The van der Waals surface area contributed by atoms with Gasteiger partial charge in [0, 0.05) is 12.8 Å². The summed E-state index contributed by atoms with van der Waals surface area (Å²) in [7, 11) is 1.42. The van der Waals surface area contributed by atoms with Gasteiger partial charge in [0.05, 0.1) is 7.11 Å². The number of methoxy groups -OCH3 is 1. The van der Waals surface area contributed by atoms with Gasteiger partial charge >= 0.3 is 5.97 Å². The van der Waals surface area contributed by atoms with E-state index in [1.807, 2.05) is 0 Å². The van der Waals surface area contributed by atoms with Crippen molar-refractivity contribution in [2.75, 3.05) is 7.11 Å². The molecule has 3 heteroatoms. The predicted molar refractivity (Wildman–Crippen MR) is 91.9 cm³/mol. The maximum absolute atomic E-state index is 11.9. The van der Waals surface area contributed by atoms with E-state index in [0.29, 0.717) is 12.8 Å². The summed E-state index contributed by atoms with van der Waals surface area (Å²) in [5.74, 6) is 0.101. The minimum absolute atomic E-state index is 0.140. The molecule has 0 aromatic carbocycles. The maximum atomic E-state index is 11.9. The van der Waals surface area contributed by atoms with E-state index in [1.54, 1.807) is 0 Å². The highest BCUT2D eigenvalue weighted by molar-refractivity contribution is 5.94. The van der Waals surface area contributed by atoms with Gasteiger partial charge in [-0.3, -0.25) is 9.59 Å². The summed E-state index contributed by atoms with van der Waals surface area (Å²) >= 11 is 0. The van der Waals surface area contributed by atoms with Gasteiger partial charge in [0.25, 0.3) is 0 Å². The van der Waals surface area contributed by atoms with Gasteiger partial charge in [0.1, 0.15) is 0 Å². The number of carbonyl (C=O) groups is 2. The van der Waals surface area contributed by atoms with E-state index < -0.39 is 0 Å². The van der Waals surface area contributed by atoms with Crippen LogP contribution in [0.3, 0.4) is 0 Å². The molecule has 0 spiro atoms. The lowest BCUT2D eigenvalue weighted by Crippen LogP contribution is -2.02. The van der Waals surface area contributed by atoms with Crippen LogP contribution in [0.1, 0.15) is 90.4 Å². The van der Waals surface area contributed by atoms with Gasteiger partial charge < -0.3 is 4.74 Å². The fraction of sp³-hybridized carbons (Fsp3) is 0.789. The number of ether oxygens (including phenoxy) is 1. The van der Waals surface area contributed by atoms with Crippen LogP contribution in [0, 0.1) is 0 Å². The number of hydrogen-bond acceptors (Lipinski definition) is 3. The SMILES string of the molecule is C=C(CCCCCCC(=O)OC)C(=O)CCCCCCCC. The van der Waals surface area contributed by atoms with Crippen molar-refractivity contribution >= 4 is 11.8 Å². The molecule has 0 rings (SSSR count). The maximum Gasteiger partial charge on any atom is 0.305 e. The molecule has 0 aromatic rings. The second-order valence-electron chi connectivity index (χ2n) is 6.03. The highest BCUT2D eigenvalue weighted by Gasteiger charge is 2.07. The Morgan fingerprint density at radius 2 is 1.27 bits per heavy atom. The van der Waals surface area contributed by atoms with E-state index in [4.69, 9.17) is 0 Å². The molecule has 0 aromatic heterocycles. The summed E-state index contributed by atoms with van der Waals surface area (Å²) in [6.45, 7) is 6.13. The first-order chi connectivity index (χ1) is 10.6. The van der Waals surface area contributed by atoms with E-state index in [-0.39, 0.29) is 11.8 Å². The number of unbranched alkanes of at least 4 members (excludes halogenated alkanes) is 8. The van der Waals surface area contributed by atoms with Crippen molar-refractivity contribution in [3.63, 3.8) is 0 Å². The molecular formula is C19H34O3. The molecule has 128 valence electrons. The molecule has 0 aliphatic carbocycles. The molecule has 0 bridgehead atoms. The van der Waals surface area contributed by atoms with Gasteiger partial charge in [0.2, 0.25) is 0 Å². The lowest BCUT2D eigenvalue weighted by Gasteiger charge is -2.05. The molecule has 3 nitrogen and oxygen atoms in total. The highest BCUT2D eigenvalue weighted by atomic mass is 16.5. The van der Waals surface area contributed by atoms with E-state index in [1.165, 1.54) is 32.8 Å². The summed E-state index contributed by atoms with van der Waals surface area (Å²) in [5.41, 5.74) is 0.779. The quantitative estimate of drug-likeness (QED) is 0.232. The van der Waals surface area contributed by atoms with Crippen LogP contribution in [-0.4, -0.2) is 18.9 Å². The summed E-state index contributed by atoms with van der Waals surface area (Å²) in [4.78, 5) is 22.9. The van der Waals surface area contributed by atoms with Crippen LogP contribution in [0.4, 0.5) is 0 Å².